The third kappa shape index (κ3) is 3.73. The van der Waals surface area contributed by atoms with Crippen LogP contribution in [-0.4, -0.2) is 67.2 Å². The molecular formula is C17H24N2O4S2. The van der Waals surface area contributed by atoms with Gasteiger partial charge in [-0.1, -0.05) is 0 Å². The molecule has 25 heavy (non-hydrogen) atoms. The van der Waals surface area contributed by atoms with Crippen LogP contribution in [-0.2, 0) is 19.5 Å². The van der Waals surface area contributed by atoms with Gasteiger partial charge in [0.1, 0.15) is 4.90 Å². The van der Waals surface area contributed by atoms with Crippen LogP contribution in [0.15, 0.2) is 29.4 Å². The molecule has 1 unspecified atom stereocenters. The highest BCUT2D eigenvalue weighted by molar-refractivity contribution is 8.01. The highest BCUT2D eigenvalue weighted by Gasteiger charge is 2.53. The summed E-state index contributed by atoms with van der Waals surface area (Å²) in [5.74, 6) is 1.57. The quantitative estimate of drug-likeness (QED) is 0.771. The molecule has 8 heteroatoms. The molecule has 3 aliphatic heterocycles. The molecular weight excluding hydrogens is 360 g/mol. The fourth-order valence-corrected chi connectivity index (χ4v) is 7.02. The van der Waals surface area contributed by atoms with Crippen LogP contribution >= 0.6 is 11.8 Å². The minimum absolute atomic E-state index is 0.0373. The molecule has 1 aromatic heterocycles. The maximum atomic E-state index is 12.6. The van der Waals surface area contributed by atoms with Crippen LogP contribution in [0.4, 0.5) is 0 Å². The molecule has 1 aromatic rings. The molecule has 3 fully saturated rings. The summed E-state index contributed by atoms with van der Waals surface area (Å²) in [6.45, 7) is 3.65. The Kier molecular flexibility index (Phi) is 5.07. The van der Waals surface area contributed by atoms with Crippen molar-refractivity contribution in [2.45, 2.75) is 35.0 Å². The van der Waals surface area contributed by atoms with E-state index in [4.69, 9.17) is 9.47 Å². The number of ether oxygens (including phenoxy) is 2. The lowest BCUT2D eigenvalue weighted by atomic mass is 9.95. The van der Waals surface area contributed by atoms with E-state index in [1.165, 1.54) is 6.20 Å². The molecule has 4 rings (SSSR count). The Morgan fingerprint density at radius 2 is 2.16 bits per heavy atom. The maximum Gasteiger partial charge on any atom is 0.244 e. The lowest BCUT2D eigenvalue weighted by Crippen LogP contribution is -2.60. The van der Waals surface area contributed by atoms with Crippen molar-refractivity contribution >= 4 is 21.8 Å². The van der Waals surface area contributed by atoms with Gasteiger partial charge < -0.3 is 9.47 Å². The first-order valence-corrected chi connectivity index (χ1v) is 11.2. The Hall–Kier alpha value is -0.670. The van der Waals surface area contributed by atoms with E-state index in [-0.39, 0.29) is 15.7 Å². The number of aromatic nitrogens is 1. The van der Waals surface area contributed by atoms with Gasteiger partial charge in [-0.25, -0.2) is 8.42 Å². The second-order valence-electron chi connectivity index (χ2n) is 7.17. The molecule has 138 valence electrons. The van der Waals surface area contributed by atoms with Gasteiger partial charge in [-0.3, -0.25) is 4.98 Å². The SMILES string of the molecule is O=S(=O)(c1cccnc1)N1CC2(CC(OCC3CCOCC3)CS2)C1. The van der Waals surface area contributed by atoms with E-state index in [2.05, 4.69) is 4.98 Å². The minimum Gasteiger partial charge on any atom is -0.381 e. The summed E-state index contributed by atoms with van der Waals surface area (Å²) in [7, 11) is -3.41. The number of thioether (sulfide) groups is 1. The molecule has 4 heterocycles. The first-order valence-electron chi connectivity index (χ1n) is 8.81. The van der Waals surface area contributed by atoms with Gasteiger partial charge in [0.2, 0.25) is 10.0 Å². The summed E-state index contributed by atoms with van der Waals surface area (Å²) in [6.07, 6.45) is 6.37. The third-order valence-corrected chi connectivity index (χ3v) is 8.64. The van der Waals surface area contributed by atoms with Gasteiger partial charge in [-0.15, -0.1) is 11.8 Å². The van der Waals surface area contributed by atoms with E-state index in [0.717, 1.165) is 44.8 Å². The summed E-state index contributed by atoms with van der Waals surface area (Å²) < 4.78 is 38.3. The zero-order valence-corrected chi connectivity index (χ0v) is 15.8. The van der Waals surface area contributed by atoms with Crippen molar-refractivity contribution in [1.82, 2.24) is 9.29 Å². The molecule has 1 spiro atoms. The van der Waals surface area contributed by atoms with Crippen molar-refractivity contribution in [3.05, 3.63) is 24.5 Å². The zero-order chi connectivity index (χ0) is 17.3. The van der Waals surface area contributed by atoms with Crippen molar-refractivity contribution in [3.8, 4) is 0 Å². The first-order chi connectivity index (χ1) is 12.1. The first kappa shape index (κ1) is 17.7. The fraction of sp³-hybridized carbons (Fsp3) is 0.706. The Balaban J connectivity index is 1.28. The standard InChI is InChI=1S/C17H24N2O4S2/c20-25(21,16-2-1-5-18-9-16)19-12-17(13-19)8-15(11-24-17)23-10-14-3-6-22-7-4-14/h1-2,5,9,14-15H,3-4,6-8,10-13H2. The molecule has 3 aliphatic rings. The van der Waals surface area contributed by atoms with E-state index < -0.39 is 10.0 Å². The summed E-state index contributed by atoms with van der Waals surface area (Å²) in [4.78, 5) is 4.20. The highest BCUT2D eigenvalue weighted by Crippen LogP contribution is 2.47. The van der Waals surface area contributed by atoms with Gasteiger partial charge in [0.15, 0.2) is 0 Å². The van der Waals surface area contributed by atoms with Gasteiger partial charge in [0, 0.05) is 55.8 Å². The van der Waals surface area contributed by atoms with Crippen LogP contribution in [0.5, 0.6) is 0 Å². The van der Waals surface area contributed by atoms with Crippen molar-refractivity contribution in [2.24, 2.45) is 5.92 Å². The summed E-state index contributed by atoms with van der Waals surface area (Å²) in [6, 6.07) is 3.27. The van der Waals surface area contributed by atoms with Crippen molar-refractivity contribution < 1.29 is 17.9 Å². The fourth-order valence-electron chi connectivity index (χ4n) is 3.73. The molecule has 0 N–H and O–H groups in total. The highest BCUT2D eigenvalue weighted by atomic mass is 32.2. The van der Waals surface area contributed by atoms with Crippen molar-refractivity contribution in [1.29, 1.82) is 0 Å². The van der Waals surface area contributed by atoms with Gasteiger partial charge in [-0.05, 0) is 37.3 Å². The number of pyridine rings is 1. The van der Waals surface area contributed by atoms with Crippen molar-refractivity contribution in [3.63, 3.8) is 0 Å². The van der Waals surface area contributed by atoms with Gasteiger partial charge >= 0.3 is 0 Å². The molecule has 1 atom stereocenters. The van der Waals surface area contributed by atoms with E-state index in [9.17, 15) is 8.42 Å². The molecule has 3 saturated heterocycles. The van der Waals surface area contributed by atoms with Crippen LogP contribution in [0.1, 0.15) is 19.3 Å². The predicted octanol–water partition coefficient (Wildman–Crippen LogP) is 1.77. The zero-order valence-electron chi connectivity index (χ0n) is 14.2. The normalized spacial score (nSPS) is 27.4. The van der Waals surface area contributed by atoms with Crippen molar-refractivity contribution in [2.75, 3.05) is 38.7 Å². The Labute approximate surface area is 153 Å². The Bertz CT molecular complexity index is 686. The Morgan fingerprint density at radius 1 is 1.36 bits per heavy atom. The van der Waals surface area contributed by atoms with Crippen LogP contribution in [0.25, 0.3) is 0 Å². The number of rotatable bonds is 5. The summed E-state index contributed by atoms with van der Waals surface area (Å²) in [5, 5.41) is 0. The van der Waals surface area contributed by atoms with Crippen LogP contribution in [0, 0.1) is 5.92 Å². The third-order valence-electron chi connectivity index (χ3n) is 5.28. The van der Waals surface area contributed by atoms with E-state index in [1.54, 1.807) is 22.6 Å². The van der Waals surface area contributed by atoms with Gasteiger partial charge in [0.25, 0.3) is 0 Å². The molecule has 0 aliphatic carbocycles. The minimum atomic E-state index is -3.41. The van der Waals surface area contributed by atoms with Crippen LogP contribution in [0.2, 0.25) is 0 Å². The number of nitrogens with zero attached hydrogens (tertiary/aromatic N) is 2. The molecule has 0 amide bonds. The summed E-state index contributed by atoms with van der Waals surface area (Å²) >= 11 is 1.87. The monoisotopic (exact) mass is 384 g/mol. The van der Waals surface area contributed by atoms with E-state index in [1.807, 2.05) is 11.8 Å². The largest absolute Gasteiger partial charge is 0.381 e. The van der Waals surface area contributed by atoms with Crippen LogP contribution < -0.4 is 0 Å². The predicted molar refractivity (Wildman–Crippen MR) is 96.1 cm³/mol. The maximum absolute atomic E-state index is 12.6. The van der Waals surface area contributed by atoms with Gasteiger partial charge in [-0.2, -0.15) is 4.31 Å². The molecule has 0 aromatic carbocycles. The lowest BCUT2D eigenvalue weighted by Gasteiger charge is -2.46. The average molecular weight is 385 g/mol. The summed E-state index contributed by atoms with van der Waals surface area (Å²) in [5.41, 5.74) is 0. The smallest absolute Gasteiger partial charge is 0.244 e. The molecule has 0 saturated carbocycles. The van der Waals surface area contributed by atoms with Gasteiger partial charge in [0.05, 0.1) is 6.10 Å². The topological polar surface area (TPSA) is 68.7 Å². The Morgan fingerprint density at radius 3 is 2.88 bits per heavy atom. The molecule has 0 radical (unpaired) electrons. The van der Waals surface area contributed by atoms with Crippen LogP contribution in [0.3, 0.4) is 0 Å². The average Bonchev–Trinajstić information content (AvgIpc) is 3.05. The second-order valence-corrected chi connectivity index (χ2v) is 10.6. The molecule has 0 bridgehead atoms. The number of hydrogen-bond donors (Lipinski definition) is 0. The molecule has 6 nitrogen and oxygen atoms in total. The van der Waals surface area contributed by atoms with E-state index >= 15 is 0 Å². The number of hydrogen-bond acceptors (Lipinski definition) is 6. The number of sulfonamides is 1. The lowest BCUT2D eigenvalue weighted by molar-refractivity contribution is -0.00923. The second kappa shape index (κ2) is 7.15. The van der Waals surface area contributed by atoms with E-state index in [0.29, 0.717) is 19.0 Å².